The molecule has 3 nitrogen and oxygen atoms in total. The van der Waals surface area contributed by atoms with Crippen molar-refractivity contribution in [2.45, 2.75) is 16.0 Å². The summed E-state index contributed by atoms with van der Waals surface area (Å²) in [6.07, 6.45) is 0. The van der Waals surface area contributed by atoms with Crippen LogP contribution in [0.3, 0.4) is 0 Å². The zero-order chi connectivity index (χ0) is 14.9. The summed E-state index contributed by atoms with van der Waals surface area (Å²) in [5.74, 6) is -0.863. The van der Waals surface area contributed by atoms with E-state index in [1.54, 1.807) is 6.92 Å². The van der Waals surface area contributed by atoms with Gasteiger partial charge in [0.25, 0.3) is 0 Å². The van der Waals surface area contributed by atoms with Gasteiger partial charge in [-0.25, -0.2) is 4.98 Å². The summed E-state index contributed by atoms with van der Waals surface area (Å²) in [5.41, 5.74) is 1.67. The molecular weight excluding hydrogens is 302 g/mol. The van der Waals surface area contributed by atoms with E-state index < -0.39 is 10.7 Å². The Morgan fingerprint density at radius 1 is 1.14 bits per heavy atom. The Hall–Kier alpha value is -1.85. The number of para-hydroxylation sites is 1. The molecule has 2 aromatic carbocycles. The Balaban J connectivity index is 2.01. The normalized spacial score (nSPS) is 14.0. The molecule has 5 heteroatoms. The summed E-state index contributed by atoms with van der Waals surface area (Å²) in [5, 5.41) is 9.68. The molecule has 0 saturated carbocycles. The number of thiazole rings is 1. The molecule has 21 heavy (non-hydrogen) atoms. The van der Waals surface area contributed by atoms with Crippen LogP contribution in [0.5, 0.6) is 0 Å². The van der Waals surface area contributed by atoms with Gasteiger partial charge < -0.3 is 5.11 Å². The average Bonchev–Trinajstić information content (AvgIpc) is 2.89. The second-order valence-electron chi connectivity index (χ2n) is 4.75. The number of aromatic nitrogens is 1. The number of nitrogens with zero attached hydrogens (tertiary/aromatic N) is 1. The minimum Gasteiger partial charge on any atom is -0.480 e. The largest absolute Gasteiger partial charge is 0.480 e. The van der Waals surface area contributed by atoms with Crippen molar-refractivity contribution in [2.24, 2.45) is 0 Å². The molecule has 3 rings (SSSR count). The third-order valence-corrected chi connectivity index (χ3v) is 5.71. The first-order chi connectivity index (χ1) is 10.1. The Kier molecular flexibility index (Phi) is 3.69. The highest BCUT2D eigenvalue weighted by Gasteiger charge is 2.37. The second-order valence-corrected chi connectivity index (χ2v) is 7.45. The average molecular weight is 315 g/mol. The summed E-state index contributed by atoms with van der Waals surface area (Å²) in [7, 11) is 0. The molecule has 1 N–H and O–H groups in total. The van der Waals surface area contributed by atoms with Crippen LogP contribution >= 0.6 is 23.1 Å². The van der Waals surface area contributed by atoms with Gasteiger partial charge in [0.1, 0.15) is 4.75 Å². The van der Waals surface area contributed by atoms with Crippen LogP contribution in [0.1, 0.15) is 12.5 Å². The molecule has 1 heterocycles. The van der Waals surface area contributed by atoms with Crippen molar-refractivity contribution in [1.29, 1.82) is 0 Å². The minimum absolute atomic E-state index is 0.766. The third-order valence-electron chi connectivity index (χ3n) is 3.30. The molecule has 1 aromatic heterocycles. The summed E-state index contributed by atoms with van der Waals surface area (Å²) in [6, 6.07) is 17.1. The highest BCUT2D eigenvalue weighted by atomic mass is 32.2. The number of thioether (sulfide) groups is 1. The molecule has 1 atom stereocenters. The maximum absolute atomic E-state index is 11.8. The lowest BCUT2D eigenvalue weighted by Crippen LogP contribution is -2.28. The highest BCUT2D eigenvalue weighted by molar-refractivity contribution is 8.02. The van der Waals surface area contributed by atoms with E-state index in [-0.39, 0.29) is 0 Å². The standard InChI is InChI=1S/C16H13NO2S2/c1-16(14(18)19,11-7-3-2-4-8-11)21-15-17-12-9-5-6-10-13(12)20-15/h2-10H,1H3,(H,18,19). The van der Waals surface area contributed by atoms with Crippen molar-refractivity contribution in [3.63, 3.8) is 0 Å². The SMILES string of the molecule is CC(Sc1nc2ccccc2s1)(C(=O)O)c1ccccc1. The van der Waals surface area contributed by atoms with Gasteiger partial charge in [-0.15, -0.1) is 11.3 Å². The van der Waals surface area contributed by atoms with Gasteiger partial charge in [0.2, 0.25) is 0 Å². The van der Waals surface area contributed by atoms with E-state index in [0.717, 1.165) is 20.1 Å². The van der Waals surface area contributed by atoms with Gasteiger partial charge in [-0.3, -0.25) is 4.79 Å². The number of carboxylic acids is 1. The lowest BCUT2D eigenvalue weighted by Gasteiger charge is -2.23. The lowest BCUT2D eigenvalue weighted by atomic mass is 10.0. The van der Waals surface area contributed by atoms with E-state index in [1.807, 2.05) is 54.6 Å². The molecule has 0 bridgehead atoms. The molecule has 0 fully saturated rings. The van der Waals surface area contributed by atoms with Crippen molar-refractivity contribution in [2.75, 3.05) is 0 Å². The molecule has 0 spiro atoms. The summed E-state index contributed by atoms with van der Waals surface area (Å²) >= 11 is 2.81. The number of hydrogen-bond acceptors (Lipinski definition) is 4. The predicted molar refractivity (Wildman–Crippen MR) is 86.9 cm³/mol. The van der Waals surface area contributed by atoms with Gasteiger partial charge >= 0.3 is 5.97 Å². The zero-order valence-corrected chi connectivity index (χ0v) is 12.9. The van der Waals surface area contributed by atoms with Crippen molar-refractivity contribution in [3.8, 4) is 0 Å². The van der Waals surface area contributed by atoms with Crippen molar-refractivity contribution < 1.29 is 9.90 Å². The minimum atomic E-state index is -1.05. The van der Waals surface area contributed by atoms with E-state index >= 15 is 0 Å². The Bertz CT molecular complexity index is 752. The number of carbonyl (C=O) groups is 1. The quantitative estimate of drug-likeness (QED) is 0.726. The molecular formula is C16H13NO2S2. The molecule has 106 valence electrons. The zero-order valence-electron chi connectivity index (χ0n) is 11.3. The van der Waals surface area contributed by atoms with Crippen molar-refractivity contribution in [1.82, 2.24) is 4.98 Å². The first-order valence-electron chi connectivity index (χ1n) is 6.43. The Labute approximate surface area is 130 Å². The molecule has 0 radical (unpaired) electrons. The fourth-order valence-electron chi connectivity index (χ4n) is 2.05. The van der Waals surface area contributed by atoms with Crippen LogP contribution in [0.15, 0.2) is 58.9 Å². The van der Waals surface area contributed by atoms with E-state index in [4.69, 9.17) is 0 Å². The fourth-order valence-corrected chi connectivity index (χ4v) is 4.52. The first kappa shape index (κ1) is 14.1. The number of rotatable bonds is 4. The Morgan fingerprint density at radius 2 is 1.81 bits per heavy atom. The van der Waals surface area contributed by atoms with E-state index in [0.29, 0.717) is 0 Å². The van der Waals surface area contributed by atoms with E-state index in [2.05, 4.69) is 4.98 Å². The molecule has 0 saturated heterocycles. The van der Waals surface area contributed by atoms with Crippen LogP contribution in [-0.4, -0.2) is 16.1 Å². The molecule has 0 aliphatic carbocycles. The smallest absolute Gasteiger partial charge is 0.324 e. The molecule has 0 amide bonds. The van der Waals surface area contributed by atoms with Gasteiger partial charge in [-0.1, -0.05) is 54.2 Å². The highest BCUT2D eigenvalue weighted by Crippen LogP contribution is 2.43. The molecule has 0 aliphatic rings. The number of aliphatic carboxylic acids is 1. The summed E-state index contributed by atoms with van der Waals surface area (Å²) < 4.78 is 0.792. The van der Waals surface area contributed by atoms with Crippen molar-refractivity contribution >= 4 is 39.3 Å². The van der Waals surface area contributed by atoms with Crippen LogP contribution < -0.4 is 0 Å². The van der Waals surface area contributed by atoms with Crippen LogP contribution in [-0.2, 0) is 9.54 Å². The van der Waals surface area contributed by atoms with Gasteiger partial charge in [0.15, 0.2) is 4.34 Å². The summed E-state index contributed by atoms with van der Waals surface area (Å²) in [6.45, 7) is 1.72. The van der Waals surface area contributed by atoms with E-state index in [1.165, 1.54) is 23.1 Å². The van der Waals surface area contributed by atoms with Gasteiger partial charge in [0, 0.05) is 0 Å². The predicted octanol–water partition coefficient (Wildman–Crippen LogP) is 4.39. The Morgan fingerprint density at radius 3 is 2.48 bits per heavy atom. The fraction of sp³-hybridized carbons (Fsp3) is 0.125. The maximum Gasteiger partial charge on any atom is 0.324 e. The van der Waals surface area contributed by atoms with Crippen LogP contribution in [0.25, 0.3) is 10.2 Å². The molecule has 0 aliphatic heterocycles. The molecule has 1 unspecified atom stereocenters. The van der Waals surface area contributed by atoms with Gasteiger partial charge in [-0.2, -0.15) is 0 Å². The number of hydrogen-bond donors (Lipinski definition) is 1. The monoisotopic (exact) mass is 315 g/mol. The second kappa shape index (κ2) is 5.50. The number of fused-ring (bicyclic) bond motifs is 1. The molecule has 3 aromatic rings. The third kappa shape index (κ3) is 2.66. The number of benzene rings is 2. The topological polar surface area (TPSA) is 50.2 Å². The summed E-state index contributed by atoms with van der Waals surface area (Å²) in [4.78, 5) is 16.3. The number of carboxylic acid groups (broad SMARTS) is 1. The maximum atomic E-state index is 11.8. The first-order valence-corrected chi connectivity index (χ1v) is 8.06. The lowest BCUT2D eigenvalue weighted by molar-refractivity contribution is -0.139. The van der Waals surface area contributed by atoms with Crippen molar-refractivity contribution in [3.05, 3.63) is 60.2 Å². The van der Waals surface area contributed by atoms with E-state index in [9.17, 15) is 9.90 Å². The van der Waals surface area contributed by atoms with Gasteiger partial charge in [0.05, 0.1) is 10.2 Å². The van der Waals surface area contributed by atoms with Gasteiger partial charge in [-0.05, 0) is 24.6 Å². The van der Waals surface area contributed by atoms with Crippen LogP contribution in [0.2, 0.25) is 0 Å². The van der Waals surface area contributed by atoms with Crippen LogP contribution in [0.4, 0.5) is 0 Å². The van der Waals surface area contributed by atoms with Crippen LogP contribution in [0, 0.1) is 0 Å².